The summed E-state index contributed by atoms with van der Waals surface area (Å²) >= 11 is 6.48. The lowest BCUT2D eigenvalue weighted by molar-refractivity contribution is -0.141. The Kier molecular flexibility index (Phi) is 9.50. The van der Waals surface area contributed by atoms with Crippen LogP contribution in [0.5, 0.6) is 0 Å². The van der Waals surface area contributed by atoms with Gasteiger partial charge in [0.05, 0.1) is 6.42 Å². The summed E-state index contributed by atoms with van der Waals surface area (Å²) in [6.45, 7) is 8.37. The van der Waals surface area contributed by atoms with Gasteiger partial charge in [0.15, 0.2) is 0 Å². The van der Waals surface area contributed by atoms with Gasteiger partial charge in [-0.3, -0.25) is 9.59 Å². The van der Waals surface area contributed by atoms with Crippen molar-refractivity contribution in [2.24, 2.45) is 0 Å². The van der Waals surface area contributed by atoms with E-state index in [1.54, 1.807) is 4.90 Å². The molecule has 0 saturated carbocycles. The van der Waals surface area contributed by atoms with Crippen LogP contribution in [0.1, 0.15) is 48.1 Å². The van der Waals surface area contributed by atoms with Crippen LogP contribution < -0.4 is 5.32 Å². The third-order valence-electron chi connectivity index (χ3n) is 6.50. The normalized spacial score (nSPS) is 12.6. The minimum Gasteiger partial charge on any atom is -0.352 e. The minimum atomic E-state index is -0.665. The Balaban J connectivity index is 1.99. The highest BCUT2D eigenvalue weighted by Crippen LogP contribution is 2.22. The van der Waals surface area contributed by atoms with E-state index in [-0.39, 0.29) is 30.8 Å². The highest BCUT2D eigenvalue weighted by Gasteiger charge is 2.31. The summed E-state index contributed by atoms with van der Waals surface area (Å²) in [6.07, 6.45) is 1.45. The maximum atomic E-state index is 13.8. The van der Waals surface area contributed by atoms with E-state index < -0.39 is 6.04 Å². The summed E-state index contributed by atoms with van der Waals surface area (Å²) in [7, 11) is 0. The third kappa shape index (κ3) is 7.43. The van der Waals surface area contributed by atoms with Crippen molar-refractivity contribution in [3.8, 4) is 0 Å². The van der Waals surface area contributed by atoms with Crippen molar-refractivity contribution < 1.29 is 9.59 Å². The fraction of sp³-hybridized carbons (Fsp3) is 0.333. The Bertz CT molecular complexity index is 1150. The van der Waals surface area contributed by atoms with Gasteiger partial charge in [-0.2, -0.15) is 0 Å². The van der Waals surface area contributed by atoms with E-state index in [1.165, 1.54) is 5.56 Å². The lowest BCUT2D eigenvalue weighted by Crippen LogP contribution is -2.52. The molecule has 0 heterocycles. The Morgan fingerprint density at radius 2 is 1.60 bits per heavy atom. The van der Waals surface area contributed by atoms with Crippen LogP contribution in [0.25, 0.3) is 0 Å². The first-order valence-electron chi connectivity index (χ1n) is 12.2. The lowest BCUT2D eigenvalue weighted by atomic mass is 10.00. The summed E-state index contributed by atoms with van der Waals surface area (Å²) in [6, 6.07) is 22.7. The molecule has 4 nitrogen and oxygen atoms in total. The van der Waals surface area contributed by atoms with Gasteiger partial charge in [-0.15, -0.1) is 0 Å². The molecule has 3 aromatic carbocycles. The molecule has 0 bridgehead atoms. The molecule has 5 heteroatoms. The SMILES string of the molecule is CC[C@@H](C)NC(=O)[C@@H](Cc1ccccc1)N(Cc1ccccc1Cl)C(=O)Cc1ccc(C)c(C)c1. The first-order valence-corrected chi connectivity index (χ1v) is 12.6. The van der Waals surface area contributed by atoms with Gasteiger partial charge in [0, 0.05) is 24.0 Å². The third-order valence-corrected chi connectivity index (χ3v) is 6.87. The lowest BCUT2D eigenvalue weighted by Gasteiger charge is -2.32. The maximum absolute atomic E-state index is 13.8. The molecular formula is C30H35ClN2O2. The van der Waals surface area contributed by atoms with Crippen LogP contribution in [0, 0.1) is 13.8 Å². The van der Waals surface area contributed by atoms with Crippen LogP contribution in [0.2, 0.25) is 5.02 Å². The zero-order valence-electron chi connectivity index (χ0n) is 21.1. The van der Waals surface area contributed by atoms with Gasteiger partial charge in [-0.25, -0.2) is 0 Å². The Hall–Kier alpha value is -3.11. The van der Waals surface area contributed by atoms with E-state index in [0.29, 0.717) is 11.4 Å². The number of hydrogen-bond donors (Lipinski definition) is 1. The molecule has 0 unspecified atom stereocenters. The molecule has 3 rings (SSSR count). The summed E-state index contributed by atoms with van der Waals surface area (Å²) < 4.78 is 0. The van der Waals surface area contributed by atoms with Gasteiger partial charge in [0.2, 0.25) is 11.8 Å². The van der Waals surface area contributed by atoms with Crippen LogP contribution in [-0.4, -0.2) is 28.8 Å². The van der Waals surface area contributed by atoms with Crippen LogP contribution in [-0.2, 0) is 29.0 Å². The van der Waals surface area contributed by atoms with E-state index >= 15 is 0 Å². The monoisotopic (exact) mass is 490 g/mol. The predicted octanol–water partition coefficient (Wildman–Crippen LogP) is 6.05. The van der Waals surface area contributed by atoms with Gasteiger partial charge < -0.3 is 10.2 Å². The summed E-state index contributed by atoms with van der Waals surface area (Å²) in [4.78, 5) is 29.1. The molecule has 184 valence electrons. The summed E-state index contributed by atoms with van der Waals surface area (Å²) in [5.41, 5.74) is 5.08. The van der Waals surface area contributed by atoms with Gasteiger partial charge in [0.25, 0.3) is 0 Å². The minimum absolute atomic E-state index is 0.0118. The van der Waals surface area contributed by atoms with Crippen molar-refractivity contribution in [3.63, 3.8) is 0 Å². The zero-order chi connectivity index (χ0) is 25.4. The molecule has 35 heavy (non-hydrogen) atoms. The molecule has 0 aliphatic carbocycles. The molecule has 0 aliphatic heterocycles. The van der Waals surface area contributed by atoms with Gasteiger partial charge in [0.1, 0.15) is 6.04 Å². The van der Waals surface area contributed by atoms with E-state index in [4.69, 9.17) is 11.6 Å². The maximum Gasteiger partial charge on any atom is 0.243 e. The first kappa shape index (κ1) is 26.5. The molecule has 0 aromatic heterocycles. The molecule has 2 atom stereocenters. The Morgan fingerprint density at radius 3 is 2.26 bits per heavy atom. The molecule has 0 spiro atoms. The van der Waals surface area contributed by atoms with E-state index in [0.717, 1.165) is 28.7 Å². The molecule has 2 amide bonds. The molecule has 0 aliphatic rings. The number of carbonyl (C=O) groups excluding carboxylic acids is 2. The number of nitrogens with one attached hydrogen (secondary N) is 1. The van der Waals surface area contributed by atoms with Crippen molar-refractivity contribution >= 4 is 23.4 Å². The van der Waals surface area contributed by atoms with E-state index in [2.05, 4.69) is 12.2 Å². The van der Waals surface area contributed by atoms with Crippen LogP contribution in [0.4, 0.5) is 0 Å². The number of amides is 2. The smallest absolute Gasteiger partial charge is 0.243 e. The highest BCUT2D eigenvalue weighted by molar-refractivity contribution is 6.31. The Morgan fingerprint density at radius 1 is 0.914 bits per heavy atom. The van der Waals surface area contributed by atoms with Gasteiger partial charge >= 0.3 is 0 Å². The fourth-order valence-corrected chi connectivity index (χ4v) is 4.19. The van der Waals surface area contributed by atoms with Gasteiger partial charge in [-0.05, 0) is 61.1 Å². The van der Waals surface area contributed by atoms with Crippen molar-refractivity contribution in [1.29, 1.82) is 0 Å². The number of aryl methyl sites for hydroxylation is 2. The molecule has 0 fully saturated rings. The fourth-order valence-electron chi connectivity index (χ4n) is 3.99. The van der Waals surface area contributed by atoms with Crippen LogP contribution >= 0.6 is 11.6 Å². The predicted molar refractivity (Wildman–Crippen MR) is 143 cm³/mol. The quantitative estimate of drug-likeness (QED) is 0.376. The Labute approximate surface area is 214 Å². The molecule has 1 N–H and O–H groups in total. The van der Waals surface area contributed by atoms with Crippen LogP contribution in [0.15, 0.2) is 72.8 Å². The topological polar surface area (TPSA) is 49.4 Å². The van der Waals surface area contributed by atoms with Crippen LogP contribution in [0.3, 0.4) is 0 Å². The second-order valence-electron chi connectivity index (χ2n) is 9.23. The molecule has 0 radical (unpaired) electrons. The van der Waals surface area contributed by atoms with E-state index in [9.17, 15) is 9.59 Å². The number of halogens is 1. The summed E-state index contributed by atoms with van der Waals surface area (Å²) in [5, 5.41) is 3.68. The molecular weight excluding hydrogens is 456 g/mol. The standard InChI is InChI=1S/C30H35ClN2O2/c1-5-23(4)32-30(35)28(18-24-11-7-6-8-12-24)33(20-26-13-9-10-14-27(26)31)29(34)19-25-16-15-21(2)22(3)17-25/h6-17,23,28H,5,18-20H2,1-4H3,(H,32,35)/t23-,28-/m1/s1. The van der Waals surface area contributed by atoms with Crippen molar-refractivity contribution in [2.75, 3.05) is 0 Å². The second-order valence-corrected chi connectivity index (χ2v) is 9.64. The molecule has 0 saturated heterocycles. The average Bonchev–Trinajstić information content (AvgIpc) is 2.85. The van der Waals surface area contributed by atoms with Crippen molar-refractivity contribution in [3.05, 3.63) is 106 Å². The largest absolute Gasteiger partial charge is 0.352 e. The number of carbonyl (C=O) groups is 2. The summed E-state index contributed by atoms with van der Waals surface area (Å²) in [5.74, 6) is -0.253. The van der Waals surface area contributed by atoms with E-state index in [1.807, 2.05) is 93.6 Å². The zero-order valence-corrected chi connectivity index (χ0v) is 21.8. The second kappa shape index (κ2) is 12.6. The molecule has 3 aromatic rings. The number of hydrogen-bond acceptors (Lipinski definition) is 2. The van der Waals surface area contributed by atoms with Crippen molar-refractivity contribution in [1.82, 2.24) is 10.2 Å². The highest BCUT2D eigenvalue weighted by atomic mass is 35.5. The number of benzene rings is 3. The van der Waals surface area contributed by atoms with Crippen molar-refractivity contribution in [2.45, 2.75) is 65.6 Å². The average molecular weight is 491 g/mol. The number of nitrogens with zero attached hydrogens (tertiary/aromatic N) is 1. The number of rotatable bonds is 10. The van der Waals surface area contributed by atoms with Gasteiger partial charge in [-0.1, -0.05) is 85.3 Å². The first-order chi connectivity index (χ1) is 16.8.